The lowest BCUT2D eigenvalue weighted by Crippen LogP contribution is -2.55. The highest BCUT2D eigenvalue weighted by molar-refractivity contribution is 7.97. The number of hydrogen-bond acceptors (Lipinski definition) is 7. The lowest BCUT2D eigenvalue weighted by atomic mass is 9.84. The van der Waals surface area contributed by atoms with Crippen LogP contribution >= 0.6 is 0 Å². The van der Waals surface area contributed by atoms with Crippen molar-refractivity contribution in [2.75, 3.05) is 0 Å². The molecule has 0 spiro atoms. The van der Waals surface area contributed by atoms with Gasteiger partial charge in [0, 0.05) is 0 Å². The summed E-state index contributed by atoms with van der Waals surface area (Å²) in [6, 6.07) is 32.2. The molecule has 0 aliphatic carbocycles. The second-order valence-electron chi connectivity index (χ2n) is 16.1. The van der Waals surface area contributed by atoms with Crippen LogP contribution in [0.3, 0.4) is 0 Å². The van der Waals surface area contributed by atoms with Gasteiger partial charge in [-0.25, -0.2) is 13.2 Å². The van der Waals surface area contributed by atoms with Crippen molar-refractivity contribution < 1.29 is 40.8 Å². The van der Waals surface area contributed by atoms with Crippen LogP contribution in [0.25, 0.3) is 0 Å². The molecule has 0 saturated carbocycles. The summed E-state index contributed by atoms with van der Waals surface area (Å²) in [5.74, 6) is -3.12. The van der Waals surface area contributed by atoms with Crippen molar-refractivity contribution in [1.29, 1.82) is 0 Å². The van der Waals surface area contributed by atoms with E-state index in [4.69, 9.17) is 4.74 Å². The molecule has 0 bridgehead atoms. The smallest absolute Gasteiger partial charge is 0.428 e. The van der Waals surface area contributed by atoms with Crippen LogP contribution in [0.4, 0.5) is 8.78 Å². The van der Waals surface area contributed by atoms with Gasteiger partial charge in [-0.05, 0) is 96.2 Å². The number of alkyl halides is 2. The van der Waals surface area contributed by atoms with Crippen molar-refractivity contribution in [2.24, 2.45) is 10.8 Å². The van der Waals surface area contributed by atoms with Gasteiger partial charge in [-0.15, -0.1) is 0 Å². The molecule has 0 N–H and O–H groups in total. The maximum atomic E-state index is 13.5. The molecule has 0 unspecified atom stereocenters. The Labute approximate surface area is 319 Å². The zero-order chi connectivity index (χ0) is 40.1. The number of esters is 2. The first-order chi connectivity index (χ1) is 24.4. The predicted molar refractivity (Wildman–Crippen MR) is 207 cm³/mol. The molecule has 294 valence electrons. The zero-order valence-corrected chi connectivity index (χ0v) is 34.4. The summed E-state index contributed by atoms with van der Waals surface area (Å²) in [4.78, 5) is 28.6. The Hall–Kier alpha value is -3.28. The molecule has 0 aliphatic heterocycles. The third-order valence-corrected chi connectivity index (χ3v) is 12.2. The zero-order valence-electron chi connectivity index (χ0n) is 32.7. The van der Waals surface area contributed by atoms with Gasteiger partial charge in [0.15, 0.2) is 24.8 Å². The van der Waals surface area contributed by atoms with E-state index in [0.29, 0.717) is 11.8 Å². The highest BCUT2D eigenvalue weighted by atomic mass is 32.2. The maximum Gasteiger partial charge on any atom is 0.428 e. The Morgan fingerprint density at radius 1 is 0.566 bits per heavy atom. The van der Waals surface area contributed by atoms with E-state index in [1.165, 1.54) is 61.6 Å². The van der Waals surface area contributed by atoms with Gasteiger partial charge in [0.05, 0.1) is 16.3 Å². The molecule has 7 nitrogen and oxygen atoms in total. The number of halogens is 2. The van der Waals surface area contributed by atoms with Crippen LogP contribution in [-0.2, 0) is 40.1 Å². The second kappa shape index (κ2) is 19.4. The van der Waals surface area contributed by atoms with Crippen molar-refractivity contribution in [3.8, 4) is 0 Å². The molecule has 0 aliphatic rings. The van der Waals surface area contributed by atoms with Crippen molar-refractivity contribution in [3.05, 3.63) is 91.0 Å². The molecule has 0 saturated heterocycles. The highest BCUT2D eigenvalue weighted by Crippen LogP contribution is 2.36. The van der Waals surface area contributed by atoms with E-state index >= 15 is 0 Å². The average molecular weight is 777 g/mol. The van der Waals surface area contributed by atoms with Gasteiger partial charge in [-0.1, -0.05) is 114 Å². The van der Waals surface area contributed by atoms with Gasteiger partial charge >= 0.3 is 17.2 Å². The molecule has 53 heavy (non-hydrogen) atoms. The largest absolute Gasteiger partial charge is 0.743 e. The van der Waals surface area contributed by atoms with Crippen molar-refractivity contribution in [3.63, 3.8) is 0 Å². The van der Waals surface area contributed by atoms with Crippen LogP contribution < -0.4 is 0 Å². The quantitative estimate of drug-likeness (QED) is 0.0581. The molecule has 0 heterocycles. The first kappa shape index (κ1) is 45.9. The first-order valence-corrected chi connectivity index (χ1v) is 20.7. The Bertz CT molecular complexity index is 1580. The van der Waals surface area contributed by atoms with Crippen LogP contribution in [0.1, 0.15) is 114 Å². The summed E-state index contributed by atoms with van der Waals surface area (Å²) < 4.78 is 69.3. The fourth-order valence-electron chi connectivity index (χ4n) is 5.12. The number of hydrogen-bond donors (Lipinski definition) is 0. The molecule has 11 heteroatoms. The molecule has 3 aromatic rings. The highest BCUT2D eigenvalue weighted by Gasteiger charge is 2.54. The van der Waals surface area contributed by atoms with Gasteiger partial charge in [0.2, 0.25) is 0 Å². The first-order valence-electron chi connectivity index (χ1n) is 18.1. The number of carbonyl (C=O) groups is 2. The van der Waals surface area contributed by atoms with Gasteiger partial charge in [0.1, 0.15) is 11.2 Å². The number of ether oxygens (including phenoxy) is 2. The molecular weight excluding hydrogens is 719 g/mol. The van der Waals surface area contributed by atoms with E-state index in [0.717, 1.165) is 25.7 Å². The third kappa shape index (κ3) is 14.5. The minimum absolute atomic E-state index is 0.0146. The average Bonchev–Trinajstić information content (AvgIpc) is 3.06. The number of rotatable bonds is 17. The van der Waals surface area contributed by atoms with E-state index in [9.17, 15) is 31.3 Å². The Kier molecular flexibility index (Phi) is 16.7. The van der Waals surface area contributed by atoms with Gasteiger partial charge in [-0.3, -0.25) is 4.79 Å². The molecule has 0 amide bonds. The predicted octanol–water partition coefficient (Wildman–Crippen LogP) is 10.7. The van der Waals surface area contributed by atoms with E-state index in [1.54, 1.807) is 13.8 Å². The fraction of sp³-hybridized carbons (Fsp3) is 0.524. The van der Waals surface area contributed by atoms with E-state index in [2.05, 4.69) is 117 Å². The standard InChI is InChI=1S/C24H44F2O7S.C18H15S/c1-20(2,3)16-14-12-10-11-13-15-17-21(4,5)18(27)32-22(6,7)23(8,9)33-19(28)24(25,26)34(29,30)31;1-4-10-16(11-5-1)19(17-12-6-2-7-13-17)18-14-8-3-9-15-18/h10-17H2,1-9H3,(H,29,30,31);1-15H/q;+1/p-1. The van der Waals surface area contributed by atoms with Crippen molar-refractivity contribution in [1.82, 2.24) is 0 Å². The number of unbranched alkanes of at least 4 members (excludes halogenated alkanes) is 5. The molecular formula is C42H58F2O7S2. The second-order valence-corrected chi connectivity index (χ2v) is 19.5. The Balaban J connectivity index is 0.000000424. The van der Waals surface area contributed by atoms with Crippen LogP contribution in [-0.4, -0.2) is 41.4 Å². The number of carbonyl (C=O) groups excluding carboxylic acids is 2. The SMILES string of the molecule is CC(C)(C)CCCCCCCCC(C)(C)C(=O)OC(C)(C)C(C)(C)OC(=O)C(F)(F)S(=O)(=O)[O-].c1ccc([S+](c2ccccc2)c2ccccc2)cc1. The third-order valence-electron chi connectivity index (χ3n) is 9.17. The molecule has 3 aromatic carbocycles. The minimum Gasteiger partial charge on any atom is -0.743 e. The van der Waals surface area contributed by atoms with Crippen LogP contribution in [0.5, 0.6) is 0 Å². The van der Waals surface area contributed by atoms with Gasteiger partial charge in [-0.2, -0.15) is 8.78 Å². The molecule has 0 fully saturated rings. The topological polar surface area (TPSA) is 110 Å². The summed E-state index contributed by atoms with van der Waals surface area (Å²) in [6.45, 7) is 15.2. The Morgan fingerprint density at radius 2 is 0.887 bits per heavy atom. The lowest BCUT2D eigenvalue weighted by Gasteiger charge is -2.42. The van der Waals surface area contributed by atoms with Crippen LogP contribution in [0.15, 0.2) is 106 Å². The fourth-order valence-corrected chi connectivity index (χ4v) is 7.47. The molecule has 0 atom stereocenters. The molecule has 3 rings (SSSR count). The summed E-state index contributed by atoms with van der Waals surface area (Å²) in [5, 5.41) is -5.25. The maximum absolute atomic E-state index is 13.5. The summed E-state index contributed by atoms with van der Waals surface area (Å²) >= 11 is 0. The molecule has 0 aromatic heterocycles. The normalized spacial score (nSPS) is 12.8. The lowest BCUT2D eigenvalue weighted by molar-refractivity contribution is -0.213. The summed E-state index contributed by atoms with van der Waals surface area (Å²) in [7, 11) is -6.27. The summed E-state index contributed by atoms with van der Waals surface area (Å²) in [6.07, 6.45) is 8.11. The van der Waals surface area contributed by atoms with Crippen molar-refractivity contribution >= 4 is 33.0 Å². The number of benzene rings is 3. The van der Waals surface area contributed by atoms with Crippen LogP contribution in [0, 0.1) is 10.8 Å². The van der Waals surface area contributed by atoms with Gasteiger partial charge in [0.25, 0.3) is 0 Å². The Morgan fingerprint density at radius 3 is 1.23 bits per heavy atom. The van der Waals surface area contributed by atoms with Gasteiger partial charge < -0.3 is 14.0 Å². The molecule has 0 radical (unpaired) electrons. The summed E-state index contributed by atoms with van der Waals surface area (Å²) in [5.41, 5.74) is -3.96. The van der Waals surface area contributed by atoms with Crippen molar-refractivity contribution in [2.45, 2.75) is 145 Å². The van der Waals surface area contributed by atoms with E-state index < -0.39 is 43.9 Å². The minimum atomic E-state index is -6.26. The van der Waals surface area contributed by atoms with E-state index in [1.807, 2.05) is 0 Å². The monoisotopic (exact) mass is 776 g/mol. The van der Waals surface area contributed by atoms with Crippen LogP contribution in [0.2, 0.25) is 0 Å². The van der Waals surface area contributed by atoms with E-state index in [-0.39, 0.29) is 10.9 Å².